The number of hydrogen-bond acceptors (Lipinski definition) is 3. The Bertz CT molecular complexity index is 305. The Labute approximate surface area is 106 Å². The van der Waals surface area contributed by atoms with Gasteiger partial charge in [-0.25, -0.2) is 8.42 Å². The molecule has 1 unspecified atom stereocenters. The highest BCUT2D eigenvalue weighted by Crippen LogP contribution is 2.17. The minimum Gasteiger partial charge on any atom is -0.314 e. The third-order valence-corrected chi connectivity index (χ3v) is 6.43. The highest BCUT2D eigenvalue weighted by Gasteiger charge is 2.23. The first kappa shape index (κ1) is 15.0. The van der Waals surface area contributed by atoms with Gasteiger partial charge in [0, 0.05) is 6.04 Å². The van der Waals surface area contributed by atoms with Gasteiger partial charge in [-0.1, -0.05) is 26.7 Å². The van der Waals surface area contributed by atoms with Gasteiger partial charge in [0.25, 0.3) is 0 Å². The van der Waals surface area contributed by atoms with Crippen LogP contribution in [-0.4, -0.2) is 32.0 Å². The molecule has 1 atom stereocenters. The summed E-state index contributed by atoms with van der Waals surface area (Å²) in [5, 5.41) is 3.24. The van der Waals surface area contributed by atoms with E-state index in [0.717, 1.165) is 13.0 Å². The summed E-state index contributed by atoms with van der Waals surface area (Å²) in [6.45, 7) is 6.61. The van der Waals surface area contributed by atoms with Crippen molar-refractivity contribution in [3.8, 4) is 0 Å². The Morgan fingerprint density at radius 1 is 1.18 bits per heavy atom. The smallest absolute Gasteiger partial charge is 0.153 e. The lowest BCUT2D eigenvalue weighted by Crippen LogP contribution is -2.30. The van der Waals surface area contributed by atoms with Crippen molar-refractivity contribution in [3.05, 3.63) is 0 Å². The summed E-state index contributed by atoms with van der Waals surface area (Å²) in [6.07, 6.45) is 5.90. The van der Waals surface area contributed by atoms with Gasteiger partial charge in [-0.15, -0.1) is 0 Å². The molecular weight excluding hydrogens is 234 g/mol. The lowest BCUT2D eigenvalue weighted by atomic mass is 10.2. The molecule has 0 spiro atoms. The first-order chi connectivity index (χ1) is 7.93. The molecular formula is C13H27NO2S. The number of nitrogens with one attached hydrogen (secondary N) is 1. The minimum atomic E-state index is -2.90. The van der Waals surface area contributed by atoms with Crippen molar-refractivity contribution in [1.29, 1.82) is 0 Å². The molecule has 102 valence electrons. The molecule has 3 nitrogen and oxygen atoms in total. The molecule has 1 N–H and O–H groups in total. The molecule has 1 saturated carbocycles. The first-order valence-electron chi connectivity index (χ1n) is 6.88. The minimum absolute atomic E-state index is 0.211. The van der Waals surface area contributed by atoms with Gasteiger partial charge in [0.15, 0.2) is 9.84 Å². The quantitative estimate of drug-likeness (QED) is 0.716. The van der Waals surface area contributed by atoms with Crippen LogP contribution in [0, 0.1) is 5.92 Å². The predicted molar refractivity (Wildman–Crippen MR) is 73.0 cm³/mol. The molecule has 1 aliphatic carbocycles. The molecule has 0 aromatic carbocycles. The van der Waals surface area contributed by atoms with Gasteiger partial charge in [-0.05, 0) is 38.6 Å². The molecule has 0 aromatic rings. The third kappa shape index (κ3) is 4.96. The maximum atomic E-state index is 11.9. The van der Waals surface area contributed by atoms with Gasteiger partial charge in [0.2, 0.25) is 0 Å². The molecule has 0 bridgehead atoms. The van der Waals surface area contributed by atoms with Crippen LogP contribution in [0.3, 0.4) is 0 Å². The predicted octanol–water partition coefficient (Wildman–Crippen LogP) is 2.37. The van der Waals surface area contributed by atoms with Crippen molar-refractivity contribution in [2.24, 2.45) is 5.92 Å². The van der Waals surface area contributed by atoms with Crippen LogP contribution >= 0.6 is 0 Å². The zero-order valence-electron chi connectivity index (χ0n) is 11.4. The van der Waals surface area contributed by atoms with Crippen molar-refractivity contribution in [1.82, 2.24) is 5.32 Å². The fourth-order valence-corrected chi connectivity index (χ4v) is 4.06. The first-order valence-corrected chi connectivity index (χ1v) is 8.60. The molecule has 1 fully saturated rings. The second-order valence-corrected chi connectivity index (χ2v) is 8.08. The van der Waals surface area contributed by atoms with Gasteiger partial charge >= 0.3 is 0 Å². The molecule has 0 radical (unpaired) electrons. The van der Waals surface area contributed by atoms with Crippen LogP contribution in [0.1, 0.15) is 52.9 Å². The van der Waals surface area contributed by atoms with Crippen molar-refractivity contribution in [3.63, 3.8) is 0 Å². The van der Waals surface area contributed by atoms with Gasteiger partial charge in [0.05, 0.1) is 11.0 Å². The summed E-state index contributed by atoms with van der Waals surface area (Å²) in [7, 11) is -2.90. The Balaban J connectivity index is 2.20. The molecule has 1 aliphatic rings. The van der Waals surface area contributed by atoms with Crippen molar-refractivity contribution in [2.45, 2.75) is 64.2 Å². The third-order valence-electron chi connectivity index (χ3n) is 3.90. The summed E-state index contributed by atoms with van der Waals surface area (Å²) in [4.78, 5) is 0. The van der Waals surface area contributed by atoms with Gasteiger partial charge in [-0.3, -0.25) is 0 Å². The SMILES string of the molecule is CC(C)C(C)S(=O)(=O)CCCNC1CCCC1. The van der Waals surface area contributed by atoms with E-state index in [-0.39, 0.29) is 11.2 Å². The number of sulfone groups is 1. The summed E-state index contributed by atoms with van der Waals surface area (Å²) in [6, 6.07) is 0.639. The van der Waals surface area contributed by atoms with Crippen molar-refractivity contribution >= 4 is 9.84 Å². The van der Waals surface area contributed by atoms with Gasteiger partial charge < -0.3 is 5.32 Å². The number of rotatable bonds is 7. The zero-order valence-corrected chi connectivity index (χ0v) is 12.2. The summed E-state index contributed by atoms with van der Waals surface area (Å²) >= 11 is 0. The van der Waals surface area contributed by atoms with E-state index in [0.29, 0.717) is 11.8 Å². The van der Waals surface area contributed by atoms with Crippen LogP contribution in [-0.2, 0) is 9.84 Å². The normalized spacial score (nSPS) is 20.0. The largest absolute Gasteiger partial charge is 0.314 e. The van der Waals surface area contributed by atoms with Crippen LogP contribution in [0.5, 0.6) is 0 Å². The van der Waals surface area contributed by atoms with E-state index < -0.39 is 9.84 Å². The van der Waals surface area contributed by atoms with Crippen LogP contribution in [0.2, 0.25) is 0 Å². The van der Waals surface area contributed by atoms with Crippen LogP contribution in [0.15, 0.2) is 0 Å². The van der Waals surface area contributed by atoms with Gasteiger partial charge in [0.1, 0.15) is 0 Å². The van der Waals surface area contributed by atoms with E-state index in [9.17, 15) is 8.42 Å². The van der Waals surface area contributed by atoms with E-state index in [4.69, 9.17) is 0 Å². The Morgan fingerprint density at radius 2 is 1.76 bits per heavy atom. The topological polar surface area (TPSA) is 46.2 Å². The molecule has 0 saturated heterocycles. The molecule has 0 amide bonds. The lowest BCUT2D eigenvalue weighted by Gasteiger charge is -2.17. The highest BCUT2D eigenvalue weighted by molar-refractivity contribution is 7.92. The average Bonchev–Trinajstić information content (AvgIpc) is 2.76. The zero-order chi connectivity index (χ0) is 12.9. The Kier molecular flexibility index (Phi) is 5.93. The Morgan fingerprint density at radius 3 is 2.29 bits per heavy atom. The van der Waals surface area contributed by atoms with Crippen molar-refractivity contribution in [2.75, 3.05) is 12.3 Å². The second-order valence-electron chi connectivity index (χ2n) is 5.61. The lowest BCUT2D eigenvalue weighted by molar-refractivity contribution is 0.514. The van der Waals surface area contributed by atoms with E-state index >= 15 is 0 Å². The summed E-state index contributed by atoms with van der Waals surface area (Å²) in [5.41, 5.74) is 0. The second kappa shape index (κ2) is 6.74. The number of hydrogen-bond donors (Lipinski definition) is 1. The fourth-order valence-electron chi connectivity index (χ4n) is 2.31. The molecule has 0 aromatic heterocycles. The van der Waals surface area contributed by atoms with Crippen LogP contribution in [0.25, 0.3) is 0 Å². The van der Waals surface area contributed by atoms with E-state index in [1.165, 1.54) is 25.7 Å². The maximum absolute atomic E-state index is 11.9. The average molecular weight is 261 g/mol. The van der Waals surface area contributed by atoms with Crippen molar-refractivity contribution < 1.29 is 8.42 Å². The standard InChI is InChI=1S/C13H27NO2S/c1-11(2)12(3)17(15,16)10-6-9-14-13-7-4-5-8-13/h11-14H,4-10H2,1-3H3. The monoisotopic (exact) mass is 261 g/mol. The fraction of sp³-hybridized carbons (Fsp3) is 1.00. The molecule has 1 rings (SSSR count). The van der Waals surface area contributed by atoms with E-state index in [2.05, 4.69) is 5.32 Å². The highest BCUT2D eigenvalue weighted by atomic mass is 32.2. The Hall–Kier alpha value is -0.0900. The maximum Gasteiger partial charge on any atom is 0.153 e. The van der Waals surface area contributed by atoms with Gasteiger partial charge in [-0.2, -0.15) is 0 Å². The van der Waals surface area contributed by atoms with E-state index in [1.807, 2.05) is 20.8 Å². The molecule has 0 heterocycles. The van der Waals surface area contributed by atoms with E-state index in [1.54, 1.807) is 0 Å². The molecule has 4 heteroatoms. The van der Waals surface area contributed by atoms with Crippen LogP contribution in [0.4, 0.5) is 0 Å². The summed E-state index contributed by atoms with van der Waals surface area (Å²) in [5.74, 6) is 0.536. The van der Waals surface area contributed by atoms with Crippen LogP contribution < -0.4 is 5.32 Å². The molecule has 0 aliphatic heterocycles. The summed E-state index contributed by atoms with van der Waals surface area (Å²) < 4.78 is 23.9. The molecule has 17 heavy (non-hydrogen) atoms.